The highest BCUT2D eigenvalue weighted by Gasteiger charge is 2.27. The first-order chi connectivity index (χ1) is 8.97. The molecule has 1 saturated heterocycles. The number of hydrogen-bond donors (Lipinski definition) is 1. The Bertz CT molecular complexity index is 481. The van der Waals surface area contributed by atoms with Crippen molar-refractivity contribution < 1.29 is 9.59 Å². The van der Waals surface area contributed by atoms with Crippen LogP contribution in [0.5, 0.6) is 0 Å². The fourth-order valence-electron chi connectivity index (χ4n) is 2.49. The molecule has 0 saturated carbocycles. The van der Waals surface area contributed by atoms with Crippen LogP contribution in [0.4, 0.5) is 5.69 Å². The van der Waals surface area contributed by atoms with Crippen molar-refractivity contribution in [3.05, 3.63) is 29.3 Å². The molecule has 1 aliphatic heterocycles. The van der Waals surface area contributed by atoms with Crippen molar-refractivity contribution in [1.82, 2.24) is 5.32 Å². The Morgan fingerprint density at radius 2 is 1.89 bits per heavy atom. The number of piperidine rings is 1. The third-order valence-corrected chi connectivity index (χ3v) is 3.54. The van der Waals surface area contributed by atoms with Crippen LogP contribution in [0.25, 0.3) is 0 Å². The summed E-state index contributed by atoms with van der Waals surface area (Å²) in [4.78, 5) is 25.2. The summed E-state index contributed by atoms with van der Waals surface area (Å²) in [7, 11) is 1.80. The highest BCUT2D eigenvalue weighted by Crippen LogP contribution is 2.21. The lowest BCUT2D eigenvalue weighted by molar-refractivity contribution is -0.127. The molecule has 0 aromatic heterocycles. The molecule has 0 spiro atoms. The molecule has 2 rings (SSSR count). The fraction of sp³-hybridized carbons (Fsp3) is 0.467. The number of aryl methyl sites for hydroxylation is 2. The quantitative estimate of drug-likeness (QED) is 0.881. The van der Waals surface area contributed by atoms with Gasteiger partial charge in [-0.3, -0.25) is 9.59 Å². The molecule has 1 aliphatic rings. The van der Waals surface area contributed by atoms with E-state index in [1.165, 1.54) is 0 Å². The van der Waals surface area contributed by atoms with Crippen molar-refractivity contribution in [2.24, 2.45) is 5.92 Å². The van der Waals surface area contributed by atoms with E-state index in [9.17, 15) is 9.59 Å². The zero-order valence-corrected chi connectivity index (χ0v) is 11.7. The second kappa shape index (κ2) is 5.43. The zero-order chi connectivity index (χ0) is 14.0. The lowest BCUT2D eigenvalue weighted by atomic mass is 9.97. The zero-order valence-electron chi connectivity index (χ0n) is 11.7. The van der Waals surface area contributed by atoms with Gasteiger partial charge in [0.2, 0.25) is 11.8 Å². The van der Waals surface area contributed by atoms with Crippen LogP contribution >= 0.6 is 0 Å². The van der Waals surface area contributed by atoms with Crippen molar-refractivity contribution >= 4 is 17.5 Å². The van der Waals surface area contributed by atoms with E-state index in [1.807, 2.05) is 26.0 Å². The average molecular weight is 260 g/mol. The summed E-state index contributed by atoms with van der Waals surface area (Å²) in [5.74, 6) is 0.00613. The van der Waals surface area contributed by atoms with Crippen LogP contribution in [0.15, 0.2) is 18.2 Å². The summed E-state index contributed by atoms with van der Waals surface area (Å²) < 4.78 is 0. The highest BCUT2D eigenvalue weighted by molar-refractivity contribution is 5.96. The molecule has 1 aromatic rings. The Morgan fingerprint density at radius 1 is 1.26 bits per heavy atom. The van der Waals surface area contributed by atoms with Gasteiger partial charge in [0, 0.05) is 25.7 Å². The number of carbonyl (C=O) groups excluding carboxylic acids is 2. The van der Waals surface area contributed by atoms with E-state index in [0.717, 1.165) is 16.8 Å². The monoisotopic (exact) mass is 260 g/mol. The van der Waals surface area contributed by atoms with Crippen molar-refractivity contribution in [3.8, 4) is 0 Å². The fourth-order valence-corrected chi connectivity index (χ4v) is 2.49. The van der Waals surface area contributed by atoms with E-state index in [4.69, 9.17) is 0 Å². The second-order valence-corrected chi connectivity index (χ2v) is 5.28. The van der Waals surface area contributed by atoms with Crippen molar-refractivity contribution in [3.63, 3.8) is 0 Å². The predicted molar refractivity (Wildman–Crippen MR) is 75.1 cm³/mol. The topological polar surface area (TPSA) is 49.4 Å². The van der Waals surface area contributed by atoms with E-state index in [0.29, 0.717) is 19.4 Å². The molecule has 1 N–H and O–H groups in total. The summed E-state index contributed by atoms with van der Waals surface area (Å²) in [6.45, 7) is 4.50. The lowest BCUT2D eigenvalue weighted by Gasteiger charge is -2.27. The van der Waals surface area contributed by atoms with Gasteiger partial charge in [-0.25, -0.2) is 0 Å². The SMILES string of the molecule is Cc1cc(C)cc(N(C)C(=O)C2CCC(=O)NC2)c1. The van der Waals surface area contributed by atoms with Crippen molar-refractivity contribution in [2.45, 2.75) is 26.7 Å². The van der Waals surface area contributed by atoms with Gasteiger partial charge in [0.1, 0.15) is 0 Å². The average Bonchev–Trinajstić information content (AvgIpc) is 2.37. The van der Waals surface area contributed by atoms with Gasteiger partial charge in [0.25, 0.3) is 0 Å². The lowest BCUT2D eigenvalue weighted by Crippen LogP contribution is -2.43. The second-order valence-electron chi connectivity index (χ2n) is 5.28. The molecule has 0 aliphatic carbocycles. The minimum absolute atomic E-state index is 0.0399. The molecule has 4 nitrogen and oxygen atoms in total. The van der Waals surface area contributed by atoms with Crippen LogP contribution in [-0.2, 0) is 9.59 Å². The summed E-state index contributed by atoms with van der Waals surface area (Å²) in [5.41, 5.74) is 3.21. The molecule has 0 bridgehead atoms. The number of amides is 2. The molecule has 4 heteroatoms. The smallest absolute Gasteiger partial charge is 0.231 e. The Balaban J connectivity index is 2.12. The molecule has 1 atom stereocenters. The molecule has 1 aromatic carbocycles. The minimum atomic E-state index is -0.108. The van der Waals surface area contributed by atoms with Crippen LogP contribution in [0, 0.1) is 19.8 Å². The number of carbonyl (C=O) groups is 2. The molecule has 0 radical (unpaired) electrons. The largest absolute Gasteiger partial charge is 0.355 e. The molecule has 1 fully saturated rings. The van der Waals surface area contributed by atoms with Crippen LogP contribution in [0.3, 0.4) is 0 Å². The van der Waals surface area contributed by atoms with E-state index >= 15 is 0 Å². The Hall–Kier alpha value is -1.84. The molecule has 2 amide bonds. The first kappa shape index (κ1) is 13.6. The Labute approximate surface area is 113 Å². The van der Waals surface area contributed by atoms with Crippen LogP contribution in [-0.4, -0.2) is 25.4 Å². The van der Waals surface area contributed by atoms with Gasteiger partial charge in [-0.05, 0) is 43.5 Å². The van der Waals surface area contributed by atoms with Gasteiger partial charge in [0.15, 0.2) is 0 Å². The van der Waals surface area contributed by atoms with Gasteiger partial charge in [-0.15, -0.1) is 0 Å². The first-order valence-electron chi connectivity index (χ1n) is 6.60. The van der Waals surface area contributed by atoms with Gasteiger partial charge in [-0.1, -0.05) is 6.07 Å². The first-order valence-corrected chi connectivity index (χ1v) is 6.60. The molecule has 102 valence electrons. The van der Waals surface area contributed by atoms with E-state index in [1.54, 1.807) is 11.9 Å². The predicted octanol–water partition coefficient (Wildman–Crippen LogP) is 1.79. The third-order valence-electron chi connectivity index (χ3n) is 3.54. The summed E-state index contributed by atoms with van der Waals surface area (Å²) in [5, 5.41) is 2.76. The molecule has 1 heterocycles. The molecular weight excluding hydrogens is 240 g/mol. The molecule has 19 heavy (non-hydrogen) atoms. The van der Waals surface area contributed by atoms with Gasteiger partial charge < -0.3 is 10.2 Å². The number of hydrogen-bond acceptors (Lipinski definition) is 2. The normalized spacial score (nSPS) is 18.9. The van der Waals surface area contributed by atoms with Crippen LogP contribution < -0.4 is 10.2 Å². The summed E-state index contributed by atoms with van der Waals surface area (Å²) in [6.07, 6.45) is 1.08. The standard InChI is InChI=1S/C15H20N2O2/c1-10-6-11(2)8-13(7-10)17(3)15(19)12-4-5-14(18)16-9-12/h6-8,12H,4-5,9H2,1-3H3,(H,16,18). The number of nitrogens with zero attached hydrogens (tertiary/aromatic N) is 1. The number of benzene rings is 1. The third kappa shape index (κ3) is 3.13. The summed E-state index contributed by atoms with van der Waals surface area (Å²) in [6, 6.07) is 6.10. The van der Waals surface area contributed by atoms with Crippen LogP contribution in [0.1, 0.15) is 24.0 Å². The minimum Gasteiger partial charge on any atom is -0.355 e. The number of anilines is 1. The van der Waals surface area contributed by atoms with E-state index in [2.05, 4.69) is 11.4 Å². The van der Waals surface area contributed by atoms with Gasteiger partial charge in [0.05, 0.1) is 5.92 Å². The van der Waals surface area contributed by atoms with E-state index in [-0.39, 0.29) is 17.7 Å². The maximum Gasteiger partial charge on any atom is 0.231 e. The number of rotatable bonds is 2. The summed E-state index contributed by atoms with van der Waals surface area (Å²) >= 11 is 0. The van der Waals surface area contributed by atoms with Gasteiger partial charge >= 0.3 is 0 Å². The Kier molecular flexibility index (Phi) is 3.88. The van der Waals surface area contributed by atoms with E-state index < -0.39 is 0 Å². The number of nitrogens with one attached hydrogen (secondary N) is 1. The van der Waals surface area contributed by atoms with Crippen molar-refractivity contribution in [1.29, 1.82) is 0 Å². The Morgan fingerprint density at radius 3 is 2.42 bits per heavy atom. The van der Waals surface area contributed by atoms with Crippen molar-refractivity contribution in [2.75, 3.05) is 18.5 Å². The maximum atomic E-state index is 12.4. The molecular formula is C15H20N2O2. The highest BCUT2D eigenvalue weighted by atomic mass is 16.2. The maximum absolute atomic E-state index is 12.4. The van der Waals surface area contributed by atoms with Crippen LogP contribution in [0.2, 0.25) is 0 Å². The van der Waals surface area contributed by atoms with Gasteiger partial charge in [-0.2, -0.15) is 0 Å². The molecule has 1 unspecified atom stereocenters.